The third kappa shape index (κ3) is 1.90. The first-order chi connectivity index (χ1) is 7.58. The van der Waals surface area contributed by atoms with Gasteiger partial charge in [-0.1, -0.05) is 24.4 Å². The van der Waals surface area contributed by atoms with Gasteiger partial charge in [0.1, 0.15) is 0 Å². The predicted octanol–water partition coefficient (Wildman–Crippen LogP) is 3.28. The Morgan fingerprint density at radius 3 is 2.50 bits per heavy atom. The molecule has 1 saturated carbocycles. The molecule has 1 unspecified atom stereocenters. The molecule has 0 saturated heterocycles. The first kappa shape index (κ1) is 12.4. The molecule has 0 radical (unpaired) electrons. The molecule has 0 amide bonds. The van der Waals surface area contributed by atoms with Crippen molar-refractivity contribution in [1.82, 2.24) is 4.90 Å². The van der Waals surface area contributed by atoms with E-state index in [1.807, 2.05) is 11.4 Å². The number of rotatable bonds is 3. The highest BCUT2D eigenvalue weighted by molar-refractivity contribution is 7.10. The van der Waals surface area contributed by atoms with E-state index in [2.05, 4.69) is 19.0 Å². The average molecular weight is 259 g/mol. The summed E-state index contributed by atoms with van der Waals surface area (Å²) in [4.78, 5) is 3.43. The van der Waals surface area contributed by atoms with Crippen LogP contribution in [0.25, 0.3) is 0 Å². The number of halogens is 1. The predicted molar refractivity (Wildman–Crippen MR) is 71.1 cm³/mol. The smallest absolute Gasteiger partial charge is 0.0591 e. The summed E-state index contributed by atoms with van der Waals surface area (Å²) >= 11 is 7.87. The van der Waals surface area contributed by atoms with E-state index in [1.54, 1.807) is 11.3 Å². The van der Waals surface area contributed by atoms with Crippen LogP contribution in [-0.2, 0) is 0 Å². The Kier molecular flexibility index (Phi) is 3.59. The van der Waals surface area contributed by atoms with Crippen molar-refractivity contribution in [1.29, 1.82) is 0 Å². The van der Waals surface area contributed by atoms with Gasteiger partial charge in [-0.25, -0.2) is 0 Å². The van der Waals surface area contributed by atoms with Gasteiger partial charge >= 0.3 is 0 Å². The largest absolute Gasteiger partial charge is 0.322 e. The summed E-state index contributed by atoms with van der Waals surface area (Å²) in [7, 11) is 4.26. The number of hydrogen-bond donors (Lipinski definition) is 1. The average Bonchev–Trinajstić information content (AvgIpc) is 2.85. The van der Waals surface area contributed by atoms with Crippen LogP contribution in [0.3, 0.4) is 0 Å². The van der Waals surface area contributed by atoms with Crippen molar-refractivity contribution in [3.8, 4) is 0 Å². The molecule has 90 valence electrons. The quantitative estimate of drug-likeness (QED) is 0.902. The molecule has 0 aromatic carbocycles. The molecule has 1 aliphatic rings. The molecule has 16 heavy (non-hydrogen) atoms. The lowest BCUT2D eigenvalue weighted by atomic mass is 9.86. The maximum Gasteiger partial charge on any atom is 0.0591 e. The highest BCUT2D eigenvalue weighted by atomic mass is 35.5. The first-order valence-electron chi connectivity index (χ1n) is 5.74. The van der Waals surface area contributed by atoms with Crippen molar-refractivity contribution in [3.05, 3.63) is 21.3 Å². The maximum atomic E-state index is 6.47. The van der Waals surface area contributed by atoms with Gasteiger partial charge in [0.25, 0.3) is 0 Å². The zero-order valence-corrected chi connectivity index (χ0v) is 11.4. The monoisotopic (exact) mass is 258 g/mol. The summed E-state index contributed by atoms with van der Waals surface area (Å²) < 4.78 is 0. The second-order valence-electron chi connectivity index (χ2n) is 4.82. The molecule has 0 aliphatic heterocycles. The van der Waals surface area contributed by atoms with Gasteiger partial charge in [0, 0.05) is 10.4 Å². The third-order valence-electron chi connectivity index (χ3n) is 3.87. The summed E-state index contributed by atoms with van der Waals surface area (Å²) in [6.07, 6.45) is 4.90. The van der Waals surface area contributed by atoms with E-state index in [9.17, 15) is 0 Å². The van der Waals surface area contributed by atoms with Crippen molar-refractivity contribution in [2.45, 2.75) is 37.3 Å². The molecule has 1 atom stereocenters. The Balaban J connectivity index is 2.31. The SMILES string of the molecule is CN(C)C1(C(N)c2sccc2Cl)CCCC1. The van der Waals surface area contributed by atoms with E-state index < -0.39 is 0 Å². The molecule has 2 rings (SSSR count). The molecule has 0 bridgehead atoms. The van der Waals surface area contributed by atoms with Gasteiger partial charge in [0.15, 0.2) is 0 Å². The zero-order chi connectivity index (χ0) is 11.8. The fourth-order valence-corrected chi connectivity index (χ4v) is 4.08. The van der Waals surface area contributed by atoms with Gasteiger partial charge in [-0.15, -0.1) is 11.3 Å². The van der Waals surface area contributed by atoms with Crippen LogP contribution in [0.5, 0.6) is 0 Å². The van der Waals surface area contributed by atoms with Gasteiger partial charge in [0.2, 0.25) is 0 Å². The lowest BCUT2D eigenvalue weighted by Crippen LogP contribution is -2.50. The third-order valence-corrected chi connectivity index (χ3v) is 5.31. The van der Waals surface area contributed by atoms with E-state index in [0.29, 0.717) is 0 Å². The van der Waals surface area contributed by atoms with Crippen molar-refractivity contribution in [2.24, 2.45) is 5.73 Å². The summed E-state index contributed by atoms with van der Waals surface area (Å²) in [6, 6.07) is 1.98. The molecule has 1 aliphatic carbocycles. The first-order valence-corrected chi connectivity index (χ1v) is 6.99. The van der Waals surface area contributed by atoms with Crippen LogP contribution in [0.15, 0.2) is 11.4 Å². The minimum atomic E-state index is 0.0394. The van der Waals surface area contributed by atoms with E-state index in [0.717, 1.165) is 9.90 Å². The van der Waals surface area contributed by atoms with E-state index in [1.165, 1.54) is 25.7 Å². The van der Waals surface area contributed by atoms with Crippen LogP contribution < -0.4 is 5.73 Å². The molecule has 1 fully saturated rings. The topological polar surface area (TPSA) is 29.3 Å². The molecule has 1 heterocycles. The van der Waals surface area contributed by atoms with Gasteiger partial charge in [-0.3, -0.25) is 0 Å². The summed E-state index contributed by atoms with van der Waals surface area (Å²) in [5.41, 5.74) is 6.57. The van der Waals surface area contributed by atoms with Gasteiger partial charge in [0.05, 0.1) is 11.1 Å². The number of nitrogens with two attached hydrogens (primary N) is 1. The second kappa shape index (κ2) is 4.65. The van der Waals surface area contributed by atoms with Gasteiger partial charge in [-0.05, 0) is 38.4 Å². The Morgan fingerprint density at radius 2 is 2.06 bits per heavy atom. The van der Waals surface area contributed by atoms with Crippen LogP contribution in [0.2, 0.25) is 5.02 Å². The summed E-state index contributed by atoms with van der Waals surface area (Å²) in [5, 5.41) is 2.85. The number of likely N-dealkylation sites (N-methyl/N-ethyl adjacent to an activating group) is 1. The van der Waals surface area contributed by atoms with Crippen LogP contribution in [-0.4, -0.2) is 24.5 Å². The molecule has 1 aromatic heterocycles. The Bertz CT molecular complexity index is 356. The molecule has 2 nitrogen and oxygen atoms in total. The second-order valence-corrected chi connectivity index (χ2v) is 6.17. The van der Waals surface area contributed by atoms with Crippen LogP contribution in [0.4, 0.5) is 0 Å². The van der Waals surface area contributed by atoms with E-state index in [-0.39, 0.29) is 11.6 Å². The van der Waals surface area contributed by atoms with Crippen molar-refractivity contribution < 1.29 is 0 Å². The molecule has 0 spiro atoms. The van der Waals surface area contributed by atoms with Crippen LogP contribution >= 0.6 is 22.9 Å². The fourth-order valence-electron chi connectivity index (χ4n) is 2.79. The number of thiophene rings is 1. The van der Waals surface area contributed by atoms with E-state index in [4.69, 9.17) is 17.3 Å². The minimum Gasteiger partial charge on any atom is -0.322 e. The standard InChI is InChI=1S/C12H19ClN2S/c1-15(2)12(6-3-4-7-12)11(14)10-9(13)5-8-16-10/h5,8,11H,3-4,6-7,14H2,1-2H3. The molecule has 2 N–H and O–H groups in total. The highest BCUT2D eigenvalue weighted by Crippen LogP contribution is 2.45. The van der Waals surface area contributed by atoms with Crippen molar-refractivity contribution >= 4 is 22.9 Å². The highest BCUT2D eigenvalue weighted by Gasteiger charge is 2.43. The maximum absolute atomic E-state index is 6.47. The Morgan fingerprint density at radius 1 is 1.44 bits per heavy atom. The Labute approximate surface area is 106 Å². The normalized spacial score (nSPS) is 21.6. The summed E-state index contributed by atoms with van der Waals surface area (Å²) in [6.45, 7) is 0. The summed E-state index contributed by atoms with van der Waals surface area (Å²) in [5.74, 6) is 0. The van der Waals surface area contributed by atoms with Gasteiger partial charge < -0.3 is 10.6 Å². The number of hydrogen-bond acceptors (Lipinski definition) is 3. The van der Waals surface area contributed by atoms with Crippen LogP contribution in [0, 0.1) is 0 Å². The van der Waals surface area contributed by atoms with Crippen molar-refractivity contribution in [3.63, 3.8) is 0 Å². The van der Waals surface area contributed by atoms with Crippen molar-refractivity contribution in [2.75, 3.05) is 14.1 Å². The lowest BCUT2D eigenvalue weighted by molar-refractivity contribution is 0.125. The minimum absolute atomic E-state index is 0.0394. The molecule has 4 heteroatoms. The lowest BCUT2D eigenvalue weighted by Gasteiger charge is -2.41. The molecular formula is C12H19ClN2S. The molecule has 1 aromatic rings. The van der Waals surface area contributed by atoms with E-state index >= 15 is 0 Å². The van der Waals surface area contributed by atoms with Gasteiger partial charge in [-0.2, -0.15) is 0 Å². The molecular weight excluding hydrogens is 240 g/mol. The Hall–Kier alpha value is -0.0900. The fraction of sp³-hybridized carbons (Fsp3) is 0.667. The van der Waals surface area contributed by atoms with Crippen LogP contribution in [0.1, 0.15) is 36.6 Å². The number of nitrogens with zero attached hydrogens (tertiary/aromatic N) is 1. The zero-order valence-electron chi connectivity index (χ0n) is 9.87.